The summed E-state index contributed by atoms with van der Waals surface area (Å²) >= 11 is 0. The van der Waals surface area contributed by atoms with Gasteiger partial charge in [0.2, 0.25) is 12.7 Å². The molecule has 0 aliphatic carbocycles. The van der Waals surface area contributed by atoms with E-state index in [1.807, 2.05) is 65.9 Å². The number of furan rings is 1. The highest BCUT2D eigenvalue weighted by molar-refractivity contribution is 6.99. The molecule has 7 heterocycles. The molecule has 0 unspecified atom stereocenters. The number of hydrogen-bond acceptors (Lipinski definition) is 5. The molecule has 0 radical (unpaired) electrons. The molecule has 0 atom stereocenters. The van der Waals surface area contributed by atoms with Crippen LogP contribution in [0, 0.1) is 12.7 Å². The molecule has 0 saturated carbocycles. The second-order valence-electron chi connectivity index (χ2n) is 17.7. The zero-order chi connectivity index (χ0) is 44.1. The van der Waals surface area contributed by atoms with Gasteiger partial charge in [0.05, 0.1) is 53.8 Å². The van der Waals surface area contributed by atoms with Crippen LogP contribution in [0.3, 0.4) is 0 Å². The lowest BCUT2D eigenvalue weighted by atomic mass is 9.34. The molecule has 3 aromatic heterocycles. The summed E-state index contributed by atoms with van der Waals surface area (Å²) in [7, 11) is 4.05. The van der Waals surface area contributed by atoms with Crippen molar-refractivity contribution >= 4 is 68.3 Å². The van der Waals surface area contributed by atoms with Crippen LogP contribution < -0.4 is 60.9 Å². The lowest BCUT2D eigenvalue weighted by Crippen LogP contribution is -2.57. The van der Waals surface area contributed by atoms with Crippen molar-refractivity contribution in [2.24, 2.45) is 14.1 Å². The number of para-hydroxylation sites is 4. The first kappa shape index (κ1) is 36.6. The number of hydrogen-bond donors (Lipinski definition) is 0. The average Bonchev–Trinajstić information content (AvgIpc) is 4.09. The SMILES string of the molecule is C[n+]1[c-]n(-c2ccc3c(c2)B2c4cc(-c5coc(-c6ccc7c(c6)B6c8cc(-n9[c-][n+](C)c%10ccccc%109)ccc8Oc8cccc(c86)O7)c5)ccc4Oc4cccc(c42)O3)c2ccccc21. The van der Waals surface area contributed by atoms with E-state index in [0.29, 0.717) is 0 Å². The van der Waals surface area contributed by atoms with Gasteiger partial charge in [-0.2, -0.15) is 0 Å². The van der Waals surface area contributed by atoms with Gasteiger partial charge in [0.25, 0.3) is 13.4 Å². The molecule has 0 spiro atoms. The number of rotatable bonds is 4. The molecule has 0 amide bonds. The Morgan fingerprint density at radius 3 is 1.34 bits per heavy atom. The number of ether oxygens (including phenoxy) is 4. The van der Waals surface area contributed by atoms with Gasteiger partial charge in [-0.25, -0.2) is 0 Å². The molecule has 4 aliphatic rings. The van der Waals surface area contributed by atoms with Crippen LogP contribution >= 0.6 is 0 Å². The third-order valence-electron chi connectivity index (χ3n) is 14.0. The minimum absolute atomic E-state index is 0.131. The fourth-order valence-electron chi connectivity index (χ4n) is 10.9. The van der Waals surface area contributed by atoms with Crippen LogP contribution in [0.4, 0.5) is 0 Å². The van der Waals surface area contributed by atoms with E-state index in [1.54, 1.807) is 0 Å². The van der Waals surface area contributed by atoms with Crippen LogP contribution in [0.1, 0.15) is 0 Å². The minimum atomic E-state index is -0.142. The summed E-state index contributed by atoms with van der Waals surface area (Å²) < 4.78 is 41.2. The first-order valence-corrected chi connectivity index (χ1v) is 22.4. The number of aryl methyl sites for hydroxylation is 2. The number of benzene rings is 8. The van der Waals surface area contributed by atoms with Gasteiger partial charge in [-0.3, -0.25) is 0 Å². The molecule has 11 aromatic rings. The molecular formula is C56H34B2N4O5. The Morgan fingerprint density at radius 1 is 0.403 bits per heavy atom. The summed E-state index contributed by atoms with van der Waals surface area (Å²) in [6.07, 6.45) is 8.87. The monoisotopic (exact) mass is 864 g/mol. The summed E-state index contributed by atoms with van der Waals surface area (Å²) in [5, 5.41) is 0. The van der Waals surface area contributed by atoms with Crippen molar-refractivity contribution in [3.63, 3.8) is 0 Å². The molecule has 15 rings (SSSR count). The first-order chi connectivity index (χ1) is 33.0. The van der Waals surface area contributed by atoms with E-state index in [0.717, 1.165) is 135 Å². The molecule has 0 N–H and O–H groups in total. The van der Waals surface area contributed by atoms with Crippen molar-refractivity contribution in [1.29, 1.82) is 0 Å². The summed E-state index contributed by atoms with van der Waals surface area (Å²) in [5.74, 6) is 7.20. The predicted molar refractivity (Wildman–Crippen MR) is 259 cm³/mol. The average molecular weight is 865 g/mol. The van der Waals surface area contributed by atoms with E-state index in [4.69, 9.17) is 23.4 Å². The Labute approximate surface area is 385 Å². The van der Waals surface area contributed by atoms with Gasteiger partial charge < -0.3 is 41.6 Å². The van der Waals surface area contributed by atoms with Gasteiger partial charge in [-0.1, -0.05) is 103 Å². The minimum Gasteiger partial charge on any atom is -0.464 e. The van der Waals surface area contributed by atoms with Crippen molar-refractivity contribution in [3.05, 3.63) is 183 Å². The van der Waals surface area contributed by atoms with Gasteiger partial charge in [-0.15, -0.1) is 0 Å². The summed E-state index contributed by atoms with van der Waals surface area (Å²) in [4.78, 5) is 0. The van der Waals surface area contributed by atoms with Gasteiger partial charge >= 0.3 is 0 Å². The van der Waals surface area contributed by atoms with E-state index in [1.165, 1.54) is 0 Å². The highest BCUT2D eigenvalue weighted by Gasteiger charge is 2.42. The lowest BCUT2D eigenvalue weighted by molar-refractivity contribution is -0.649. The Balaban J connectivity index is 0.818. The maximum Gasteiger partial charge on any atom is 0.259 e. The van der Waals surface area contributed by atoms with Crippen LogP contribution in [0.2, 0.25) is 0 Å². The largest absolute Gasteiger partial charge is 0.464 e. The molecule has 9 nitrogen and oxygen atoms in total. The normalized spacial score (nSPS) is 13.3. The fraction of sp³-hybridized carbons (Fsp3) is 0.0357. The third-order valence-corrected chi connectivity index (χ3v) is 14.0. The van der Waals surface area contributed by atoms with Crippen LogP contribution in [0.15, 0.2) is 174 Å². The lowest BCUT2D eigenvalue weighted by Gasteiger charge is -2.33. The fourth-order valence-corrected chi connectivity index (χ4v) is 10.9. The van der Waals surface area contributed by atoms with Gasteiger partial charge in [0.15, 0.2) is 0 Å². The Morgan fingerprint density at radius 2 is 0.836 bits per heavy atom. The summed E-state index contributed by atoms with van der Waals surface area (Å²) in [5.41, 5.74) is 15.6. The van der Waals surface area contributed by atoms with E-state index in [2.05, 4.69) is 149 Å². The third kappa shape index (κ3) is 5.27. The molecule has 314 valence electrons. The van der Waals surface area contributed by atoms with Crippen molar-refractivity contribution in [3.8, 4) is 79.8 Å². The first-order valence-electron chi connectivity index (χ1n) is 22.4. The number of nitrogens with zero attached hydrogens (tertiary/aromatic N) is 4. The highest BCUT2D eigenvalue weighted by atomic mass is 16.5. The number of fused-ring (bicyclic) bond motifs is 10. The Hall–Kier alpha value is -8.69. The number of aromatic nitrogens is 4. The highest BCUT2D eigenvalue weighted by Crippen LogP contribution is 2.39. The van der Waals surface area contributed by atoms with Crippen molar-refractivity contribution in [1.82, 2.24) is 9.13 Å². The van der Waals surface area contributed by atoms with Crippen LogP contribution in [-0.2, 0) is 14.1 Å². The Bertz CT molecular complexity index is 3680. The molecule has 0 fully saturated rings. The molecule has 0 bridgehead atoms. The van der Waals surface area contributed by atoms with Gasteiger partial charge in [0, 0.05) is 22.1 Å². The predicted octanol–water partition coefficient (Wildman–Crippen LogP) is 7.21. The smallest absolute Gasteiger partial charge is 0.259 e. The topological polar surface area (TPSA) is 67.7 Å². The van der Waals surface area contributed by atoms with Crippen LogP contribution in [0.5, 0.6) is 46.0 Å². The second-order valence-corrected chi connectivity index (χ2v) is 17.7. The maximum atomic E-state index is 6.63. The quantitative estimate of drug-likeness (QED) is 0.106. The van der Waals surface area contributed by atoms with E-state index < -0.39 is 0 Å². The standard InChI is InChI=1S/C56H34B2N4O5/c1-59-31-61(44-11-5-3-9-42(44)59)36-19-23-48-40(28-36)57-38-25-33(17-21-46(38)64-50-13-7-15-52(66-48)55(50)57)35-27-54(63-30-35)34-18-22-47-39(26-34)58-41-29-37(62-32-60(2)43-10-4-6-12-45(43)62)20-24-49(41)67-53-16-8-14-51(65-47)56(53)58/h3-30H,1-2H3. The number of imidazole rings is 2. The van der Waals surface area contributed by atoms with Crippen molar-refractivity contribution in [2.45, 2.75) is 0 Å². The van der Waals surface area contributed by atoms with Gasteiger partial charge in [-0.05, 0) is 88.1 Å². The van der Waals surface area contributed by atoms with E-state index >= 15 is 0 Å². The maximum absolute atomic E-state index is 6.63. The molecule has 0 saturated heterocycles. The van der Waals surface area contributed by atoms with E-state index in [9.17, 15) is 0 Å². The zero-order valence-corrected chi connectivity index (χ0v) is 36.2. The van der Waals surface area contributed by atoms with Crippen molar-refractivity contribution in [2.75, 3.05) is 0 Å². The zero-order valence-electron chi connectivity index (χ0n) is 36.2. The van der Waals surface area contributed by atoms with Crippen LogP contribution in [0.25, 0.3) is 55.9 Å². The van der Waals surface area contributed by atoms with Gasteiger partial charge in [0.1, 0.15) is 51.8 Å². The second kappa shape index (κ2) is 13.4. The Kier molecular flexibility index (Phi) is 7.34. The van der Waals surface area contributed by atoms with E-state index in [-0.39, 0.29) is 13.4 Å². The van der Waals surface area contributed by atoms with Crippen LogP contribution in [-0.4, -0.2) is 22.6 Å². The summed E-state index contributed by atoms with van der Waals surface area (Å²) in [6.45, 7) is -0.273. The summed E-state index contributed by atoms with van der Waals surface area (Å²) in [6, 6.07) is 56.5. The molecule has 8 aromatic carbocycles. The molecule has 11 heteroatoms. The molecule has 4 aliphatic heterocycles. The van der Waals surface area contributed by atoms with Crippen molar-refractivity contribution < 1.29 is 32.5 Å². The molecular weight excluding hydrogens is 830 g/mol. The molecule has 67 heavy (non-hydrogen) atoms.